The molecular formula is C17H32N2OSn. The molecule has 0 saturated heterocycles. The van der Waals surface area contributed by atoms with Crippen molar-refractivity contribution in [2.24, 2.45) is 0 Å². The van der Waals surface area contributed by atoms with Gasteiger partial charge in [0.1, 0.15) is 0 Å². The van der Waals surface area contributed by atoms with Crippen LogP contribution < -0.4 is 8.32 Å². The molecule has 0 saturated carbocycles. The molecule has 0 atom stereocenters. The molecule has 4 heteroatoms. The maximum atomic E-state index is 5.97. The Morgan fingerprint density at radius 3 is 2.14 bits per heavy atom. The predicted octanol–water partition coefficient (Wildman–Crippen LogP) is 4.33. The van der Waals surface area contributed by atoms with Gasteiger partial charge in [-0.3, -0.25) is 0 Å². The van der Waals surface area contributed by atoms with Crippen molar-refractivity contribution in [3.05, 3.63) is 6.20 Å². The van der Waals surface area contributed by atoms with Crippen LogP contribution in [-0.4, -0.2) is 34.8 Å². The average molecular weight is 399 g/mol. The van der Waals surface area contributed by atoms with Crippen LogP contribution in [0.25, 0.3) is 0 Å². The first-order valence-corrected chi connectivity index (χ1v) is 16.4. The number of rotatable bonds is 10. The molecule has 1 aromatic heterocycles. The molecule has 2 heterocycles. The summed E-state index contributed by atoms with van der Waals surface area (Å²) in [5.74, 6) is 1.16. The molecule has 2 rings (SSSR count). The fraction of sp³-hybridized carbons (Fsp3) is 0.824. The molecule has 0 amide bonds. The molecule has 0 spiro atoms. The third kappa shape index (κ3) is 3.96. The molecule has 0 radical (unpaired) electrons. The van der Waals surface area contributed by atoms with Crippen molar-refractivity contribution >= 4 is 22.0 Å². The molecule has 1 aliphatic rings. The van der Waals surface area contributed by atoms with Crippen LogP contribution in [0.2, 0.25) is 13.3 Å². The van der Waals surface area contributed by atoms with Gasteiger partial charge in [-0.1, -0.05) is 0 Å². The summed E-state index contributed by atoms with van der Waals surface area (Å²) >= 11 is -2.34. The number of hydrogen-bond donors (Lipinski definition) is 0. The minimum atomic E-state index is -2.34. The van der Waals surface area contributed by atoms with Gasteiger partial charge in [-0.15, -0.1) is 0 Å². The second-order valence-electron chi connectivity index (χ2n) is 6.53. The van der Waals surface area contributed by atoms with E-state index in [0.29, 0.717) is 0 Å². The van der Waals surface area contributed by atoms with Gasteiger partial charge in [-0.2, -0.15) is 0 Å². The Balaban J connectivity index is 2.29. The molecule has 0 unspecified atom stereocenters. The summed E-state index contributed by atoms with van der Waals surface area (Å²) in [6, 6.07) is 0. The van der Waals surface area contributed by atoms with Crippen LogP contribution in [0.1, 0.15) is 59.3 Å². The van der Waals surface area contributed by atoms with Crippen LogP contribution in [-0.2, 0) is 6.54 Å². The van der Waals surface area contributed by atoms with Gasteiger partial charge in [0.05, 0.1) is 0 Å². The van der Waals surface area contributed by atoms with Crippen LogP contribution in [0, 0.1) is 0 Å². The van der Waals surface area contributed by atoms with Gasteiger partial charge < -0.3 is 0 Å². The topological polar surface area (TPSA) is 27.1 Å². The summed E-state index contributed by atoms with van der Waals surface area (Å²) in [7, 11) is 0. The summed E-state index contributed by atoms with van der Waals surface area (Å²) in [6.45, 7) is 8.76. The van der Waals surface area contributed by atoms with E-state index in [1.54, 1.807) is 3.58 Å². The second kappa shape index (κ2) is 8.44. The van der Waals surface area contributed by atoms with E-state index in [0.717, 1.165) is 19.0 Å². The molecule has 21 heavy (non-hydrogen) atoms. The van der Waals surface area contributed by atoms with Crippen molar-refractivity contribution < 1.29 is 4.74 Å². The summed E-state index contributed by atoms with van der Waals surface area (Å²) < 4.78 is 14.2. The molecule has 0 fully saturated rings. The van der Waals surface area contributed by atoms with Crippen LogP contribution >= 0.6 is 0 Å². The zero-order valence-corrected chi connectivity index (χ0v) is 17.0. The van der Waals surface area contributed by atoms with Crippen LogP contribution in [0.5, 0.6) is 5.88 Å². The first-order valence-electron chi connectivity index (χ1n) is 8.96. The maximum absolute atomic E-state index is 5.97. The van der Waals surface area contributed by atoms with E-state index in [4.69, 9.17) is 4.74 Å². The Morgan fingerprint density at radius 2 is 1.62 bits per heavy atom. The van der Waals surface area contributed by atoms with Gasteiger partial charge in [0.2, 0.25) is 0 Å². The van der Waals surface area contributed by atoms with Gasteiger partial charge in [0.25, 0.3) is 0 Å². The fourth-order valence-corrected chi connectivity index (χ4v) is 19.7. The van der Waals surface area contributed by atoms with E-state index in [9.17, 15) is 0 Å². The zero-order chi connectivity index (χ0) is 15.1. The van der Waals surface area contributed by atoms with Crippen molar-refractivity contribution in [2.45, 2.75) is 79.2 Å². The third-order valence-electron chi connectivity index (χ3n) is 4.93. The van der Waals surface area contributed by atoms with Gasteiger partial charge in [0, 0.05) is 0 Å². The number of nitrogens with zero attached hydrogens (tertiary/aromatic N) is 2. The zero-order valence-electron chi connectivity index (χ0n) is 14.2. The minimum absolute atomic E-state index is 0.827. The molecule has 1 aliphatic heterocycles. The van der Waals surface area contributed by atoms with Crippen LogP contribution in [0.15, 0.2) is 6.20 Å². The summed E-state index contributed by atoms with van der Waals surface area (Å²) in [4.78, 5) is 0. The number of hydrogen-bond acceptors (Lipinski definition) is 2. The first-order chi connectivity index (χ1) is 10.3. The van der Waals surface area contributed by atoms with Crippen LogP contribution in [0.4, 0.5) is 0 Å². The number of fused-ring (bicyclic) bond motifs is 1. The molecule has 120 valence electrons. The fourth-order valence-electron chi connectivity index (χ4n) is 3.60. The van der Waals surface area contributed by atoms with E-state index >= 15 is 0 Å². The Morgan fingerprint density at radius 1 is 1.05 bits per heavy atom. The van der Waals surface area contributed by atoms with Gasteiger partial charge in [-0.05, 0) is 0 Å². The Hall–Kier alpha value is -0.191. The monoisotopic (exact) mass is 400 g/mol. The Bertz CT molecular complexity index is 409. The summed E-state index contributed by atoms with van der Waals surface area (Å²) in [5, 5.41) is 4.63. The van der Waals surface area contributed by atoms with Gasteiger partial charge >= 0.3 is 134 Å². The quantitative estimate of drug-likeness (QED) is 0.548. The van der Waals surface area contributed by atoms with E-state index in [1.165, 1.54) is 51.8 Å². The normalized spacial score (nSPS) is 14.2. The molecule has 0 aliphatic carbocycles. The first kappa shape index (κ1) is 17.2. The van der Waals surface area contributed by atoms with Gasteiger partial charge in [0.15, 0.2) is 0 Å². The summed E-state index contributed by atoms with van der Waals surface area (Å²) in [6.07, 6.45) is 10.4. The van der Waals surface area contributed by atoms with Crippen molar-refractivity contribution in [1.29, 1.82) is 0 Å². The van der Waals surface area contributed by atoms with Crippen molar-refractivity contribution in [2.75, 3.05) is 6.61 Å². The van der Waals surface area contributed by atoms with E-state index in [2.05, 4.69) is 36.7 Å². The molecule has 3 nitrogen and oxygen atoms in total. The second-order valence-corrected chi connectivity index (χ2v) is 19.7. The van der Waals surface area contributed by atoms with E-state index < -0.39 is 18.4 Å². The summed E-state index contributed by atoms with van der Waals surface area (Å²) in [5.41, 5.74) is 0. The Kier molecular flexibility index (Phi) is 6.90. The van der Waals surface area contributed by atoms with Crippen molar-refractivity contribution in [3.8, 4) is 5.88 Å². The number of ether oxygens (including phenoxy) is 1. The molecule has 1 aromatic rings. The van der Waals surface area contributed by atoms with Crippen LogP contribution in [0.3, 0.4) is 0 Å². The average Bonchev–Trinajstić information content (AvgIpc) is 3.10. The molecule has 0 bridgehead atoms. The molecule has 0 N–H and O–H groups in total. The van der Waals surface area contributed by atoms with Crippen molar-refractivity contribution in [3.63, 3.8) is 0 Å². The van der Waals surface area contributed by atoms with Gasteiger partial charge in [-0.25, -0.2) is 0 Å². The van der Waals surface area contributed by atoms with Crippen molar-refractivity contribution in [1.82, 2.24) is 9.78 Å². The SMILES string of the molecule is CCC[CH2][Sn]([CH2]CCC)([CH2]CCC)[c]1cnn2c1OCC2. The predicted molar refractivity (Wildman–Crippen MR) is 92.3 cm³/mol. The number of aromatic nitrogens is 2. The Labute approximate surface area is 134 Å². The third-order valence-corrected chi connectivity index (χ3v) is 20.4. The van der Waals surface area contributed by atoms with E-state index in [-0.39, 0.29) is 0 Å². The van der Waals surface area contributed by atoms with E-state index in [1.807, 2.05) is 0 Å². The number of unbranched alkanes of at least 4 members (excludes halogenated alkanes) is 3. The standard InChI is InChI=1S/C5H5N2O.3C4H9.Sn/c1-2-6-7-3-4-8-5(1)7;3*1-3-4-2;/h2H,3-4H2;3*1,3-4H2,2H3;. The molecular weight excluding hydrogens is 367 g/mol. The molecule has 0 aromatic carbocycles.